The molecule has 0 spiro atoms. The van der Waals surface area contributed by atoms with E-state index < -0.39 is 0 Å². The van der Waals surface area contributed by atoms with Crippen molar-refractivity contribution >= 4 is 11.6 Å². The van der Waals surface area contributed by atoms with Crippen LogP contribution in [0.25, 0.3) is 0 Å². The number of rotatable bonds is 13. The first-order valence-corrected chi connectivity index (χ1v) is 10.1. The molecule has 2 aromatic rings. The van der Waals surface area contributed by atoms with Gasteiger partial charge in [0.05, 0.1) is 13.2 Å². The zero-order valence-electron chi connectivity index (χ0n) is 16.9. The Kier molecular flexibility index (Phi) is 9.94. The Morgan fingerprint density at radius 3 is 2.39 bits per heavy atom. The van der Waals surface area contributed by atoms with E-state index in [1.54, 1.807) is 18.2 Å². The number of hydrogen-bond acceptors (Lipinski definition) is 4. The monoisotopic (exact) mass is 385 g/mol. The molecule has 0 saturated heterocycles. The predicted octanol–water partition coefficient (Wildman–Crippen LogP) is 5.31. The van der Waals surface area contributed by atoms with Crippen molar-refractivity contribution in [2.45, 2.75) is 39.5 Å². The van der Waals surface area contributed by atoms with E-state index in [4.69, 9.17) is 14.2 Å². The lowest BCUT2D eigenvalue weighted by atomic mass is 10.2. The Morgan fingerprint density at radius 2 is 1.64 bits per heavy atom. The molecule has 0 aliphatic heterocycles. The number of unbranched alkanes of at least 4 members (excludes halogenated alkanes) is 3. The van der Waals surface area contributed by atoms with Gasteiger partial charge in [0.15, 0.2) is 0 Å². The molecule has 0 unspecified atom stereocenters. The summed E-state index contributed by atoms with van der Waals surface area (Å²) in [5.41, 5.74) is 1.27. The first-order chi connectivity index (χ1) is 13.7. The molecule has 5 heteroatoms. The van der Waals surface area contributed by atoms with Crippen molar-refractivity contribution in [3.05, 3.63) is 54.1 Å². The van der Waals surface area contributed by atoms with E-state index in [2.05, 4.69) is 12.2 Å². The first-order valence-electron chi connectivity index (χ1n) is 10.1. The van der Waals surface area contributed by atoms with Gasteiger partial charge in [0.25, 0.3) is 5.91 Å². The fraction of sp³-hybridized carbons (Fsp3) is 0.435. The van der Waals surface area contributed by atoms with Crippen LogP contribution < -0.4 is 14.8 Å². The maximum absolute atomic E-state index is 12.5. The number of anilines is 1. The highest BCUT2D eigenvalue weighted by Gasteiger charge is 2.08. The van der Waals surface area contributed by atoms with E-state index in [0.717, 1.165) is 24.5 Å². The minimum absolute atomic E-state index is 0.177. The van der Waals surface area contributed by atoms with E-state index in [-0.39, 0.29) is 5.91 Å². The molecule has 0 fully saturated rings. The average Bonchev–Trinajstić information content (AvgIpc) is 2.72. The van der Waals surface area contributed by atoms with Gasteiger partial charge in [-0.1, -0.05) is 32.3 Å². The standard InChI is InChI=1S/C23H31NO4/c1-3-5-6-7-15-27-21-13-11-20(12-14-21)24-23(25)19-9-8-10-22(18-19)28-17-16-26-4-2/h8-14,18H,3-7,15-17H2,1-2H3,(H,24,25). The number of ether oxygens (including phenoxy) is 3. The number of hydrogen-bond donors (Lipinski definition) is 1. The highest BCUT2D eigenvalue weighted by atomic mass is 16.5. The first kappa shape index (κ1) is 21.8. The van der Waals surface area contributed by atoms with Crippen LogP contribution in [0, 0.1) is 0 Å². The third-order valence-corrected chi connectivity index (χ3v) is 4.18. The molecule has 1 N–H and O–H groups in total. The van der Waals surface area contributed by atoms with Crippen molar-refractivity contribution in [1.29, 1.82) is 0 Å². The lowest BCUT2D eigenvalue weighted by Gasteiger charge is -2.10. The topological polar surface area (TPSA) is 56.8 Å². The van der Waals surface area contributed by atoms with Crippen LogP contribution in [-0.4, -0.2) is 32.3 Å². The van der Waals surface area contributed by atoms with Crippen LogP contribution in [0.5, 0.6) is 11.5 Å². The number of benzene rings is 2. The van der Waals surface area contributed by atoms with Crippen molar-refractivity contribution in [2.24, 2.45) is 0 Å². The summed E-state index contributed by atoms with van der Waals surface area (Å²) in [5, 5.41) is 2.90. The van der Waals surface area contributed by atoms with E-state index >= 15 is 0 Å². The quantitative estimate of drug-likeness (QED) is 0.475. The molecule has 2 aromatic carbocycles. The fourth-order valence-corrected chi connectivity index (χ4v) is 2.65. The van der Waals surface area contributed by atoms with Crippen LogP contribution in [-0.2, 0) is 4.74 Å². The second-order valence-corrected chi connectivity index (χ2v) is 6.46. The minimum Gasteiger partial charge on any atom is -0.494 e. The Hall–Kier alpha value is -2.53. The summed E-state index contributed by atoms with van der Waals surface area (Å²) in [6.07, 6.45) is 4.72. The zero-order valence-corrected chi connectivity index (χ0v) is 16.9. The summed E-state index contributed by atoms with van der Waals surface area (Å²) in [6, 6.07) is 14.6. The number of amides is 1. The number of carbonyl (C=O) groups excluding carboxylic acids is 1. The van der Waals surface area contributed by atoms with Crippen molar-refractivity contribution in [1.82, 2.24) is 0 Å². The van der Waals surface area contributed by atoms with Gasteiger partial charge in [0.1, 0.15) is 18.1 Å². The summed E-state index contributed by atoms with van der Waals surface area (Å²) in [4.78, 5) is 12.5. The molecule has 1 amide bonds. The van der Waals surface area contributed by atoms with Crippen LogP contribution in [0.1, 0.15) is 49.9 Å². The summed E-state index contributed by atoms with van der Waals surface area (Å²) >= 11 is 0. The summed E-state index contributed by atoms with van der Waals surface area (Å²) in [7, 11) is 0. The number of carbonyl (C=O) groups is 1. The molecular formula is C23H31NO4. The average molecular weight is 386 g/mol. The molecule has 5 nitrogen and oxygen atoms in total. The van der Waals surface area contributed by atoms with Crippen LogP contribution in [0.3, 0.4) is 0 Å². The Morgan fingerprint density at radius 1 is 0.857 bits per heavy atom. The highest BCUT2D eigenvalue weighted by molar-refractivity contribution is 6.04. The second-order valence-electron chi connectivity index (χ2n) is 6.46. The molecule has 0 aromatic heterocycles. The van der Waals surface area contributed by atoms with Gasteiger partial charge in [0, 0.05) is 17.9 Å². The van der Waals surface area contributed by atoms with Gasteiger partial charge in [-0.3, -0.25) is 4.79 Å². The van der Waals surface area contributed by atoms with Gasteiger partial charge in [-0.25, -0.2) is 0 Å². The van der Waals surface area contributed by atoms with Gasteiger partial charge in [0.2, 0.25) is 0 Å². The second kappa shape index (κ2) is 12.8. The summed E-state index contributed by atoms with van der Waals surface area (Å²) < 4.78 is 16.6. The Balaban J connectivity index is 1.82. The van der Waals surface area contributed by atoms with E-state index in [9.17, 15) is 4.79 Å². The Labute approximate surface area is 168 Å². The normalized spacial score (nSPS) is 10.5. The molecular weight excluding hydrogens is 354 g/mol. The highest BCUT2D eigenvalue weighted by Crippen LogP contribution is 2.18. The van der Waals surface area contributed by atoms with Crippen molar-refractivity contribution in [3.8, 4) is 11.5 Å². The fourth-order valence-electron chi connectivity index (χ4n) is 2.65. The van der Waals surface area contributed by atoms with E-state index in [1.165, 1.54) is 19.3 Å². The Bertz CT molecular complexity index is 700. The molecule has 0 radical (unpaired) electrons. The molecule has 0 bridgehead atoms. The SMILES string of the molecule is CCCCCCOc1ccc(NC(=O)c2cccc(OCCOCC)c2)cc1. The lowest BCUT2D eigenvalue weighted by Crippen LogP contribution is -2.12. The summed E-state index contributed by atoms with van der Waals surface area (Å²) in [6.45, 7) is 6.51. The van der Waals surface area contributed by atoms with Crippen molar-refractivity contribution in [3.63, 3.8) is 0 Å². The smallest absolute Gasteiger partial charge is 0.255 e. The third-order valence-electron chi connectivity index (χ3n) is 4.18. The lowest BCUT2D eigenvalue weighted by molar-refractivity contribution is 0.102. The van der Waals surface area contributed by atoms with Gasteiger partial charge >= 0.3 is 0 Å². The van der Waals surface area contributed by atoms with Crippen LogP contribution in [0.4, 0.5) is 5.69 Å². The van der Waals surface area contributed by atoms with E-state index in [0.29, 0.717) is 31.1 Å². The molecule has 152 valence electrons. The van der Waals surface area contributed by atoms with Crippen molar-refractivity contribution in [2.75, 3.05) is 31.7 Å². The zero-order chi connectivity index (χ0) is 20.0. The third kappa shape index (κ3) is 8.01. The maximum atomic E-state index is 12.5. The van der Waals surface area contributed by atoms with Gasteiger partial charge in [-0.15, -0.1) is 0 Å². The van der Waals surface area contributed by atoms with Gasteiger partial charge in [-0.05, 0) is 55.8 Å². The maximum Gasteiger partial charge on any atom is 0.255 e. The van der Waals surface area contributed by atoms with Gasteiger partial charge < -0.3 is 19.5 Å². The molecule has 0 heterocycles. The molecule has 0 atom stereocenters. The van der Waals surface area contributed by atoms with Crippen LogP contribution in [0.2, 0.25) is 0 Å². The number of nitrogens with one attached hydrogen (secondary N) is 1. The van der Waals surface area contributed by atoms with Crippen LogP contribution >= 0.6 is 0 Å². The van der Waals surface area contributed by atoms with Gasteiger partial charge in [-0.2, -0.15) is 0 Å². The molecule has 28 heavy (non-hydrogen) atoms. The largest absolute Gasteiger partial charge is 0.494 e. The van der Waals surface area contributed by atoms with Crippen LogP contribution in [0.15, 0.2) is 48.5 Å². The molecule has 0 aliphatic carbocycles. The van der Waals surface area contributed by atoms with Crippen molar-refractivity contribution < 1.29 is 19.0 Å². The molecule has 0 aliphatic rings. The molecule has 0 saturated carbocycles. The summed E-state index contributed by atoms with van der Waals surface area (Å²) in [5.74, 6) is 1.29. The van der Waals surface area contributed by atoms with E-state index in [1.807, 2.05) is 37.3 Å². The minimum atomic E-state index is -0.177. The molecule has 2 rings (SSSR count). The predicted molar refractivity (Wildman–Crippen MR) is 112 cm³/mol.